The highest BCUT2D eigenvalue weighted by Crippen LogP contribution is 2.40. The molecular weight excluding hydrogens is 297 g/mol. The van der Waals surface area contributed by atoms with Crippen molar-refractivity contribution >= 4 is 15.9 Å². The van der Waals surface area contributed by atoms with E-state index in [2.05, 4.69) is 15.9 Å². The summed E-state index contributed by atoms with van der Waals surface area (Å²) in [4.78, 5) is 0. The van der Waals surface area contributed by atoms with E-state index in [1.807, 2.05) is 19.1 Å². The first kappa shape index (κ1) is 12.9. The Bertz CT molecular complexity index is 422. The van der Waals surface area contributed by atoms with E-state index in [-0.39, 0.29) is 0 Å². The topological polar surface area (TPSA) is 9.23 Å². The van der Waals surface area contributed by atoms with Gasteiger partial charge < -0.3 is 4.74 Å². The Morgan fingerprint density at radius 3 is 2.71 bits per heavy atom. The lowest BCUT2D eigenvalue weighted by Gasteiger charge is -2.17. The van der Waals surface area contributed by atoms with Crippen LogP contribution < -0.4 is 0 Å². The summed E-state index contributed by atoms with van der Waals surface area (Å²) in [5.41, 5.74) is 2.93. The molecule has 0 saturated heterocycles. The Morgan fingerprint density at radius 1 is 1.35 bits per heavy atom. The van der Waals surface area contributed by atoms with Crippen molar-refractivity contribution in [2.75, 3.05) is 0 Å². The van der Waals surface area contributed by atoms with Gasteiger partial charge in [0, 0.05) is 4.47 Å². The number of fused-ring (bicyclic) bond motifs is 1. The molecule has 0 heterocycles. The molecule has 0 saturated carbocycles. The van der Waals surface area contributed by atoms with Gasteiger partial charge in [0.25, 0.3) is 12.8 Å². The molecule has 2 atom stereocenters. The number of aryl methyl sites for hydroxylation is 2. The van der Waals surface area contributed by atoms with Gasteiger partial charge in [0.05, 0.1) is 6.10 Å². The van der Waals surface area contributed by atoms with Crippen LogP contribution in [0.25, 0.3) is 0 Å². The number of alkyl halides is 3. The molecule has 0 aliphatic heterocycles. The van der Waals surface area contributed by atoms with Crippen molar-refractivity contribution < 1.29 is 17.9 Å². The van der Waals surface area contributed by atoms with Crippen molar-refractivity contribution in [1.29, 1.82) is 0 Å². The first-order valence-electron chi connectivity index (χ1n) is 5.35. The minimum absolute atomic E-state index is 0.546. The number of hydrogen-bond acceptors (Lipinski definition) is 1. The maximum atomic E-state index is 12.9. The van der Waals surface area contributed by atoms with E-state index in [1.54, 1.807) is 0 Å². The van der Waals surface area contributed by atoms with Gasteiger partial charge in [0.2, 0.25) is 0 Å². The first-order chi connectivity index (χ1) is 7.99. The third-order valence-corrected chi connectivity index (χ3v) is 3.51. The van der Waals surface area contributed by atoms with Crippen molar-refractivity contribution in [1.82, 2.24) is 0 Å². The fourth-order valence-corrected chi connectivity index (χ4v) is 3.05. The summed E-state index contributed by atoms with van der Waals surface area (Å²) in [5.74, 6) is 0. The summed E-state index contributed by atoms with van der Waals surface area (Å²) in [7, 11) is 0. The van der Waals surface area contributed by atoms with Crippen LogP contribution in [0.5, 0.6) is 0 Å². The Balaban J connectivity index is 2.22. The summed E-state index contributed by atoms with van der Waals surface area (Å²) in [6.07, 6.45) is -4.91. The lowest BCUT2D eigenvalue weighted by atomic mass is 10.1. The van der Waals surface area contributed by atoms with Crippen molar-refractivity contribution in [3.05, 3.63) is 33.3 Å². The Labute approximate surface area is 106 Å². The van der Waals surface area contributed by atoms with Crippen LogP contribution in [-0.4, -0.2) is 12.8 Å². The molecular formula is C12H12BrF3O. The van der Waals surface area contributed by atoms with Crippen molar-refractivity contribution in [2.45, 2.75) is 38.7 Å². The quantitative estimate of drug-likeness (QED) is 0.808. The summed E-state index contributed by atoms with van der Waals surface area (Å²) in [5, 5.41) is 0. The van der Waals surface area contributed by atoms with Gasteiger partial charge in [-0.1, -0.05) is 22.0 Å². The SMILES string of the molecule is Cc1cc(Br)c2c(c1)CCC2OC(F)C(F)F. The van der Waals surface area contributed by atoms with Gasteiger partial charge in [0.1, 0.15) is 0 Å². The molecule has 0 N–H and O–H groups in total. The summed E-state index contributed by atoms with van der Waals surface area (Å²) < 4.78 is 42.7. The molecule has 1 aliphatic carbocycles. The van der Waals surface area contributed by atoms with Gasteiger partial charge in [0.15, 0.2) is 0 Å². The van der Waals surface area contributed by atoms with Crippen LogP contribution in [-0.2, 0) is 11.2 Å². The molecule has 5 heteroatoms. The second-order valence-electron chi connectivity index (χ2n) is 4.17. The van der Waals surface area contributed by atoms with Gasteiger partial charge in [-0.05, 0) is 42.5 Å². The molecule has 0 fully saturated rings. The smallest absolute Gasteiger partial charge is 0.293 e. The maximum Gasteiger partial charge on any atom is 0.293 e. The molecule has 0 spiro atoms. The molecule has 94 valence electrons. The highest BCUT2D eigenvalue weighted by Gasteiger charge is 2.31. The van der Waals surface area contributed by atoms with E-state index >= 15 is 0 Å². The molecule has 2 unspecified atom stereocenters. The van der Waals surface area contributed by atoms with Crippen molar-refractivity contribution in [3.8, 4) is 0 Å². The Hall–Kier alpha value is -0.550. The largest absolute Gasteiger partial charge is 0.336 e. The van der Waals surface area contributed by atoms with Crippen LogP contribution in [0.3, 0.4) is 0 Å². The van der Waals surface area contributed by atoms with Crippen LogP contribution in [0.15, 0.2) is 16.6 Å². The fraction of sp³-hybridized carbons (Fsp3) is 0.500. The number of benzene rings is 1. The number of hydrogen-bond donors (Lipinski definition) is 0. The van der Waals surface area contributed by atoms with Crippen LogP contribution in [0.1, 0.15) is 29.2 Å². The van der Waals surface area contributed by atoms with Crippen LogP contribution in [0.4, 0.5) is 13.2 Å². The maximum absolute atomic E-state index is 12.9. The normalized spacial score (nSPS) is 20.7. The Kier molecular flexibility index (Phi) is 3.78. The van der Waals surface area contributed by atoms with E-state index < -0.39 is 18.9 Å². The summed E-state index contributed by atoms with van der Waals surface area (Å²) in [6, 6.07) is 3.87. The molecule has 1 aromatic carbocycles. The highest BCUT2D eigenvalue weighted by atomic mass is 79.9. The second-order valence-corrected chi connectivity index (χ2v) is 5.02. The molecule has 0 bridgehead atoms. The van der Waals surface area contributed by atoms with Gasteiger partial charge in [-0.2, -0.15) is 0 Å². The van der Waals surface area contributed by atoms with Crippen molar-refractivity contribution in [3.63, 3.8) is 0 Å². The molecule has 0 amide bonds. The molecule has 2 rings (SSSR count). The Morgan fingerprint density at radius 2 is 2.06 bits per heavy atom. The molecule has 1 aliphatic rings. The average molecular weight is 309 g/mol. The predicted octanol–water partition coefficient (Wildman–Crippen LogP) is 4.32. The summed E-state index contributed by atoms with van der Waals surface area (Å²) in [6.45, 7) is 1.95. The van der Waals surface area contributed by atoms with E-state index in [0.29, 0.717) is 6.42 Å². The monoisotopic (exact) mass is 308 g/mol. The zero-order valence-electron chi connectivity index (χ0n) is 9.22. The predicted molar refractivity (Wildman–Crippen MR) is 61.9 cm³/mol. The summed E-state index contributed by atoms with van der Waals surface area (Å²) >= 11 is 3.38. The number of ether oxygens (including phenoxy) is 1. The van der Waals surface area contributed by atoms with Crippen LogP contribution in [0, 0.1) is 6.92 Å². The lowest BCUT2D eigenvalue weighted by molar-refractivity contribution is -0.158. The minimum atomic E-state index is -3.09. The highest BCUT2D eigenvalue weighted by molar-refractivity contribution is 9.10. The molecule has 17 heavy (non-hydrogen) atoms. The standard InChI is InChI=1S/C12H12BrF3O/c1-6-4-7-2-3-9(10(7)8(13)5-6)17-12(16)11(14)15/h4-5,9,11-12H,2-3H2,1H3. The first-order valence-corrected chi connectivity index (χ1v) is 6.15. The van der Waals surface area contributed by atoms with Crippen LogP contribution >= 0.6 is 15.9 Å². The minimum Gasteiger partial charge on any atom is -0.336 e. The van der Waals surface area contributed by atoms with E-state index in [4.69, 9.17) is 4.74 Å². The third-order valence-electron chi connectivity index (χ3n) is 2.85. The van der Waals surface area contributed by atoms with Gasteiger partial charge in [-0.3, -0.25) is 0 Å². The van der Waals surface area contributed by atoms with Gasteiger partial charge in [-0.15, -0.1) is 0 Å². The number of rotatable bonds is 3. The van der Waals surface area contributed by atoms with Crippen molar-refractivity contribution in [2.24, 2.45) is 0 Å². The molecule has 0 radical (unpaired) electrons. The fourth-order valence-electron chi connectivity index (χ4n) is 2.18. The van der Waals surface area contributed by atoms with E-state index in [9.17, 15) is 13.2 Å². The number of halogens is 4. The third kappa shape index (κ3) is 2.65. The van der Waals surface area contributed by atoms with E-state index in [0.717, 1.165) is 27.6 Å². The second kappa shape index (κ2) is 4.98. The average Bonchev–Trinajstić information content (AvgIpc) is 2.60. The molecule has 1 nitrogen and oxygen atoms in total. The molecule has 1 aromatic rings. The van der Waals surface area contributed by atoms with Gasteiger partial charge in [-0.25, -0.2) is 13.2 Å². The zero-order chi connectivity index (χ0) is 12.6. The van der Waals surface area contributed by atoms with E-state index in [1.165, 1.54) is 0 Å². The lowest BCUT2D eigenvalue weighted by Crippen LogP contribution is -2.18. The van der Waals surface area contributed by atoms with Crippen LogP contribution in [0.2, 0.25) is 0 Å². The zero-order valence-corrected chi connectivity index (χ0v) is 10.8. The molecule has 0 aromatic heterocycles. The van der Waals surface area contributed by atoms with Gasteiger partial charge >= 0.3 is 0 Å².